The van der Waals surface area contributed by atoms with Gasteiger partial charge in [0.05, 0.1) is 4.90 Å². The first-order valence-electron chi connectivity index (χ1n) is 6.76. The van der Waals surface area contributed by atoms with Crippen molar-refractivity contribution in [3.05, 3.63) is 23.3 Å². The molecule has 0 spiro atoms. The third-order valence-corrected chi connectivity index (χ3v) is 5.43. The lowest BCUT2D eigenvalue weighted by molar-refractivity contribution is 0.519. The second-order valence-corrected chi connectivity index (χ2v) is 7.22. The van der Waals surface area contributed by atoms with Crippen LogP contribution in [0.25, 0.3) is 0 Å². The third kappa shape index (κ3) is 3.28. The Balaban J connectivity index is 2.14. The first-order chi connectivity index (χ1) is 8.90. The zero-order chi connectivity index (χ0) is 14.0. The standard InChI is InChI=1S/C14H22N2O2S/c1-10-7-13(8-14(15)11(10)2)19(17,18)16-9-12-5-3-4-6-12/h7-8,12,16H,3-6,9,15H2,1-2H3. The molecule has 1 aromatic carbocycles. The Kier molecular flexibility index (Phi) is 4.16. The molecule has 0 heterocycles. The topological polar surface area (TPSA) is 72.2 Å². The third-order valence-electron chi connectivity index (χ3n) is 4.03. The number of nitrogens with two attached hydrogens (primary N) is 1. The summed E-state index contributed by atoms with van der Waals surface area (Å²) in [6.07, 6.45) is 4.67. The van der Waals surface area contributed by atoms with Crippen LogP contribution in [0.15, 0.2) is 17.0 Å². The fourth-order valence-corrected chi connectivity index (χ4v) is 3.77. The van der Waals surface area contributed by atoms with Gasteiger partial charge in [-0.05, 0) is 55.9 Å². The minimum absolute atomic E-state index is 0.270. The van der Waals surface area contributed by atoms with Crippen molar-refractivity contribution < 1.29 is 8.42 Å². The maximum Gasteiger partial charge on any atom is 0.240 e. The Morgan fingerprint density at radius 1 is 1.26 bits per heavy atom. The Morgan fingerprint density at radius 3 is 2.47 bits per heavy atom. The number of sulfonamides is 1. The fraction of sp³-hybridized carbons (Fsp3) is 0.571. The summed E-state index contributed by atoms with van der Waals surface area (Å²) >= 11 is 0. The van der Waals surface area contributed by atoms with E-state index in [4.69, 9.17) is 5.73 Å². The van der Waals surface area contributed by atoms with Crippen molar-refractivity contribution in [2.45, 2.75) is 44.4 Å². The molecule has 0 bridgehead atoms. The van der Waals surface area contributed by atoms with Gasteiger partial charge < -0.3 is 5.73 Å². The number of anilines is 1. The zero-order valence-corrected chi connectivity index (χ0v) is 12.4. The highest BCUT2D eigenvalue weighted by Gasteiger charge is 2.20. The first kappa shape index (κ1) is 14.3. The molecule has 0 saturated heterocycles. The Labute approximate surface area is 115 Å². The zero-order valence-electron chi connectivity index (χ0n) is 11.6. The van der Waals surface area contributed by atoms with Gasteiger partial charge in [-0.2, -0.15) is 0 Å². The molecule has 0 aromatic heterocycles. The van der Waals surface area contributed by atoms with Gasteiger partial charge in [0.15, 0.2) is 0 Å². The van der Waals surface area contributed by atoms with Gasteiger partial charge in [-0.15, -0.1) is 0 Å². The van der Waals surface area contributed by atoms with E-state index in [2.05, 4.69) is 4.72 Å². The molecule has 0 amide bonds. The predicted octanol–water partition coefficient (Wildman–Crippen LogP) is 2.35. The van der Waals surface area contributed by atoms with E-state index in [1.54, 1.807) is 12.1 Å². The van der Waals surface area contributed by atoms with Crippen LogP contribution in [0.3, 0.4) is 0 Å². The van der Waals surface area contributed by atoms with E-state index in [0.29, 0.717) is 18.2 Å². The predicted molar refractivity (Wildman–Crippen MR) is 77.5 cm³/mol. The van der Waals surface area contributed by atoms with Gasteiger partial charge in [-0.1, -0.05) is 12.8 Å². The molecular weight excluding hydrogens is 260 g/mol. The van der Waals surface area contributed by atoms with Gasteiger partial charge in [0.2, 0.25) is 10.0 Å². The van der Waals surface area contributed by atoms with Crippen LogP contribution in [0, 0.1) is 19.8 Å². The summed E-state index contributed by atoms with van der Waals surface area (Å²) in [4.78, 5) is 0.270. The van der Waals surface area contributed by atoms with Crippen LogP contribution in [0.4, 0.5) is 5.69 Å². The normalized spacial score (nSPS) is 16.9. The molecule has 1 aliphatic rings. The molecule has 5 heteroatoms. The molecule has 0 atom stereocenters. The molecule has 1 aromatic rings. The quantitative estimate of drug-likeness (QED) is 0.833. The van der Waals surface area contributed by atoms with Crippen molar-refractivity contribution >= 4 is 15.7 Å². The number of rotatable bonds is 4. The van der Waals surface area contributed by atoms with E-state index in [1.165, 1.54) is 12.8 Å². The smallest absolute Gasteiger partial charge is 0.240 e. The summed E-state index contributed by atoms with van der Waals surface area (Å²) in [6, 6.07) is 3.22. The van der Waals surface area contributed by atoms with Gasteiger partial charge >= 0.3 is 0 Å². The molecule has 3 N–H and O–H groups in total. The number of nitrogen functional groups attached to an aromatic ring is 1. The highest BCUT2D eigenvalue weighted by atomic mass is 32.2. The monoisotopic (exact) mass is 282 g/mol. The molecule has 106 valence electrons. The van der Waals surface area contributed by atoms with Gasteiger partial charge in [-0.3, -0.25) is 0 Å². The average molecular weight is 282 g/mol. The number of nitrogens with one attached hydrogen (secondary N) is 1. The van der Waals surface area contributed by atoms with Crippen LogP contribution in [-0.4, -0.2) is 15.0 Å². The molecule has 1 aliphatic carbocycles. The largest absolute Gasteiger partial charge is 0.398 e. The van der Waals surface area contributed by atoms with Crippen LogP contribution >= 0.6 is 0 Å². The molecule has 0 radical (unpaired) electrons. The SMILES string of the molecule is Cc1cc(S(=O)(=O)NCC2CCCC2)cc(N)c1C. The lowest BCUT2D eigenvalue weighted by Crippen LogP contribution is -2.28. The van der Waals surface area contributed by atoms with Gasteiger partial charge in [0, 0.05) is 12.2 Å². The minimum atomic E-state index is -3.44. The summed E-state index contributed by atoms with van der Waals surface area (Å²) in [6.45, 7) is 4.31. The first-order valence-corrected chi connectivity index (χ1v) is 8.25. The van der Waals surface area contributed by atoms with Crippen LogP contribution in [0.2, 0.25) is 0 Å². The van der Waals surface area contributed by atoms with Crippen molar-refractivity contribution in [2.75, 3.05) is 12.3 Å². The molecule has 1 saturated carbocycles. The molecule has 19 heavy (non-hydrogen) atoms. The van der Waals surface area contributed by atoms with E-state index in [0.717, 1.165) is 24.0 Å². The lowest BCUT2D eigenvalue weighted by Gasteiger charge is -2.13. The van der Waals surface area contributed by atoms with Crippen molar-refractivity contribution in [3.63, 3.8) is 0 Å². The fourth-order valence-electron chi connectivity index (χ4n) is 2.53. The molecular formula is C14H22N2O2S. The summed E-state index contributed by atoms with van der Waals surface area (Å²) in [7, 11) is -3.44. The van der Waals surface area contributed by atoms with Crippen molar-refractivity contribution in [1.82, 2.24) is 4.72 Å². The summed E-state index contributed by atoms with van der Waals surface area (Å²) in [5.41, 5.74) is 8.22. The Bertz CT molecular complexity index is 538. The number of hydrogen-bond donors (Lipinski definition) is 2. The van der Waals surface area contributed by atoms with E-state index in [-0.39, 0.29) is 4.90 Å². The van der Waals surface area contributed by atoms with E-state index in [1.807, 2.05) is 13.8 Å². The summed E-state index contributed by atoms with van der Waals surface area (Å²) < 4.78 is 27.2. The van der Waals surface area contributed by atoms with Crippen LogP contribution in [0.5, 0.6) is 0 Å². The molecule has 1 fully saturated rings. The molecule has 0 aliphatic heterocycles. The van der Waals surface area contributed by atoms with Crippen molar-refractivity contribution in [2.24, 2.45) is 5.92 Å². The molecule has 2 rings (SSSR count). The average Bonchev–Trinajstić information content (AvgIpc) is 2.86. The van der Waals surface area contributed by atoms with Crippen LogP contribution in [0.1, 0.15) is 36.8 Å². The molecule has 0 unspecified atom stereocenters. The second kappa shape index (κ2) is 5.51. The highest BCUT2D eigenvalue weighted by Crippen LogP contribution is 2.25. The number of aryl methyl sites for hydroxylation is 1. The molecule has 4 nitrogen and oxygen atoms in total. The maximum absolute atomic E-state index is 12.2. The minimum Gasteiger partial charge on any atom is -0.398 e. The second-order valence-electron chi connectivity index (χ2n) is 5.46. The van der Waals surface area contributed by atoms with Gasteiger partial charge in [-0.25, -0.2) is 13.1 Å². The van der Waals surface area contributed by atoms with E-state index < -0.39 is 10.0 Å². The van der Waals surface area contributed by atoms with Gasteiger partial charge in [0.1, 0.15) is 0 Å². The summed E-state index contributed by atoms with van der Waals surface area (Å²) in [5, 5.41) is 0. The van der Waals surface area contributed by atoms with E-state index >= 15 is 0 Å². The highest BCUT2D eigenvalue weighted by molar-refractivity contribution is 7.89. The Morgan fingerprint density at radius 2 is 1.89 bits per heavy atom. The van der Waals surface area contributed by atoms with Gasteiger partial charge in [0.25, 0.3) is 0 Å². The van der Waals surface area contributed by atoms with Crippen LogP contribution in [-0.2, 0) is 10.0 Å². The van der Waals surface area contributed by atoms with Crippen molar-refractivity contribution in [3.8, 4) is 0 Å². The summed E-state index contributed by atoms with van der Waals surface area (Å²) in [5.74, 6) is 0.485. The number of hydrogen-bond acceptors (Lipinski definition) is 3. The number of benzene rings is 1. The van der Waals surface area contributed by atoms with Crippen molar-refractivity contribution in [1.29, 1.82) is 0 Å². The lowest BCUT2D eigenvalue weighted by atomic mass is 10.1. The van der Waals surface area contributed by atoms with Crippen LogP contribution < -0.4 is 10.5 Å². The Hall–Kier alpha value is -1.07. The van der Waals surface area contributed by atoms with E-state index in [9.17, 15) is 8.42 Å². The maximum atomic E-state index is 12.2.